The van der Waals surface area contributed by atoms with E-state index in [4.69, 9.17) is 9.63 Å². The Balaban J connectivity index is 3.82. The minimum atomic E-state index is -2.68. The second kappa shape index (κ2) is 7.88. The fourth-order valence-electron chi connectivity index (χ4n) is 1.36. The van der Waals surface area contributed by atoms with Crippen molar-refractivity contribution in [1.82, 2.24) is 0 Å². The van der Waals surface area contributed by atoms with Gasteiger partial charge in [-0.2, -0.15) is 0 Å². The monoisotopic (exact) mass is 265 g/mol. The Labute approximate surface area is 103 Å². The second-order valence-electron chi connectivity index (χ2n) is 4.73. The number of carbonyl (C=O) groups excluding carboxylic acids is 1. The first-order chi connectivity index (χ1) is 7.78. The highest BCUT2D eigenvalue weighted by Gasteiger charge is 2.21. The predicted octanol–water partition coefficient (Wildman–Crippen LogP) is 2.45. The van der Waals surface area contributed by atoms with Gasteiger partial charge in [-0.3, -0.25) is 4.79 Å². The summed E-state index contributed by atoms with van der Waals surface area (Å²) in [7, 11) is -1.02. The first kappa shape index (κ1) is 16.6. The zero-order chi connectivity index (χ0) is 13.5. The zero-order valence-corrected chi connectivity index (χ0v) is 11.8. The van der Waals surface area contributed by atoms with Crippen LogP contribution in [0.25, 0.3) is 0 Å². The summed E-state index contributed by atoms with van der Waals surface area (Å²) in [6.07, 6.45) is 2.48. The van der Waals surface area contributed by atoms with Crippen molar-refractivity contribution in [3.05, 3.63) is 0 Å². The quantitative estimate of drug-likeness (QED) is 0.648. The van der Waals surface area contributed by atoms with E-state index in [-0.39, 0.29) is 23.9 Å². The third kappa shape index (κ3) is 8.38. The van der Waals surface area contributed by atoms with Crippen molar-refractivity contribution < 1.29 is 23.5 Å². The molecule has 6 heteroatoms. The van der Waals surface area contributed by atoms with Gasteiger partial charge in [-0.15, -0.1) is 9.42 Å². The molecule has 0 bridgehead atoms. The first-order valence-electron chi connectivity index (χ1n) is 5.65. The van der Waals surface area contributed by atoms with Gasteiger partial charge in [0.15, 0.2) is 12.4 Å². The molecule has 0 amide bonds. The van der Waals surface area contributed by atoms with E-state index in [1.165, 1.54) is 0 Å². The number of ether oxygens (including phenoxy) is 1. The molecule has 0 aromatic heterocycles. The van der Waals surface area contributed by atoms with Crippen molar-refractivity contribution >= 4 is 14.0 Å². The van der Waals surface area contributed by atoms with Crippen LogP contribution in [0.3, 0.4) is 0 Å². The van der Waals surface area contributed by atoms with Crippen molar-refractivity contribution in [1.29, 1.82) is 0 Å². The van der Waals surface area contributed by atoms with E-state index in [0.29, 0.717) is 0 Å². The number of carbonyl (C=O) groups is 1. The Morgan fingerprint density at radius 1 is 1.47 bits per heavy atom. The maximum atomic E-state index is 11.5. The molecule has 0 aliphatic carbocycles. The molecule has 100 valence electrons. The van der Waals surface area contributed by atoms with Gasteiger partial charge >= 0.3 is 8.25 Å². The first-order valence-corrected chi connectivity index (χ1v) is 6.78. The molecule has 0 saturated carbocycles. The fraction of sp³-hybridized carbons (Fsp3) is 0.909. The Morgan fingerprint density at radius 3 is 2.53 bits per heavy atom. The summed E-state index contributed by atoms with van der Waals surface area (Å²) in [5.41, 5.74) is -0.173. The molecule has 0 rings (SSSR count). The van der Waals surface area contributed by atoms with Crippen molar-refractivity contribution in [2.24, 2.45) is 5.92 Å². The smallest absolute Gasteiger partial charge is 0.379 e. The minimum Gasteiger partial charge on any atom is -0.379 e. The predicted molar refractivity (Wildman–Crippen MR) is 64.9 cm³/mol. The molecule has 0 aromatic carbocycles. The van der Waals surface area contributed by atoms with Crippen molar-refractivity contribution in [3.8, 4) is 0 Å². The summed E-state index contributed by atoms with van der Waals surface area (Å²) < 4.78 is 19.9. The Hall–Kier alpha value is -0.350. The normalized spacial score (nSPS) is 14.5. The molecular weight excluding hydrogens is 243 g/mol. The maximum absolute atomic E-state index is 11.5. The molecule has 0 aromatic rings. The number of hydrogen-bond acceptors (Lipinski definition) is 4. The summed E-state index contributed by atoms with van der Waals surface area (Å²) in [5.74, 6) is -0.296. The number of hydrogen-bond donors (Lipinski definition) is 1. The SMILES string of the molecule is COC(C)(C)CCCC(C)C(=O)CO[P+](=O)O. The highest BCUT2D eigenvalue weighted by molar-refractivity contribution is 7.32. The van der Waals surface area contributed by atoms with Crippen LogP contribution in [-0.4, -0.2) is 30.0 Å². The summed E-state index contributed by atoms with van der Waals surface area (Å²) in [5, 5.41) is 0. The van der Waals surface area contributed by atoms with E-state index in [1.807, 2.05) is 13.8 Å². The van der Waals surface area contributed by atoms with Crippen molar-refractivity contribution in [3.63, 3.8) is 0 Å². The largest absolute Gasteiger partial charge is 0.695 e. The molecule has 17 heavy (non-hydrogen) atoms. The Bertz CT molecular complexity index is 265. The van der Waals surface area contributed by atoms with Gasteiger partial charge in [0.05, 0.1) is 5.60 Å². The molecule has 0 heterocycles. The van der Waals surface area contributed by atoms with Crippen molar-refractivity contribution in [2.75, 3.05) is 13.7 Å². The molecule has 5 nitrogen and oxygen atoms in total. The van der Waals surface area contributed by atoms with Gasteiger partial charge < -0.3 is 4.74 Å². The number of ketones is 1. The molecule has 0 aliphatic heterocycles. The highest BCUT2D eigenvalue weighted by atomic mass is 31.1. The summed E-state index contributed by atoms with van der Waals surface area (Å²) >= 11 is 0. The second-order valence-corrected chi connectivity index (χ2v) is 5.47. The van der Waals surface area contributed by atoms with Gasteiger partial charge in [-0.25, -0.2) is 0 Å². The highest BCUT2D eigenvalue weighted by Crippen LogP contribution is 2.20. The molecule has 0 radical (unpaired) electrons. The van der Waals surface area contributed by atoms with E-state index in [0.717, 1.165) is 19.3 Å². The molecule has 0 spiro atoms. The van der Waals surface area contributed by atoms with E-state index >= 15 is 0 Å². The third-order valence-electron chi connectivity index (χ3n) is 2.84. The lowest BCUT2D eigenvalue weighted by molar-refractivity contribution is -0.124. The molecule has 0 saturated heterocycles. The van der Waals surface area contributed by atoms with Crippen LogP contribution < -0.4 is 0 Å². The topological polar surface area (TPSA) is 72.8 Å². The van der Waals surface area contributed by atoms with Gasteiger partial charge in [-0.1, -0.05) is 6.92 Å². The van der Waals surface area contributed by atoms with Gasteiger partial charge in [0.1, 0.15) is 0 Å². The van der Waals surface area contributed by atoms with Crippen LogP contribution in [0.4, 0.5) is 0 Å². The van der Waals surface area contributed by atoms with E-state index in [2.05, 4.69) is 4.52 Å². The van der Waals surface area contributed by atoms with Crippen LogP contribution in [0.15, 0.2) is 0 Å². The third-order valence-corrected chi connectivity index (χ3v) is 3.19. The van der Waals surface area contributed by atoms with E-state index in [9.17, 15) is 9.36 Å². The van der Waals surface area contributed by atoms with Crippen LogP contribution in [0.5, 0.6) is 0 Å². The molecule has 0 aliphatic rings. The van der Waals surface area contributed by atoms with Crippen LogP contribution in [0.2, 0.25) is 0 Å². The standard InChI is InChI=1S/C11H21O5P/c1-9(10(12)8-16-17(13)14)6-5-7-11(2,3)15-4/h9H,5-8H2,1-4H3/p+1. The molecule has 0 fully saturated rings. The number of rotatable bonds is 9. The van der Waals surface area contributed by atoms with E-state index < -0.39 is 8.25 Å². The van der Waals surface area contributed by atoms with Crippen LogP contribution in [-0.2, 0) is 18.6 Å². The lowest BCUT2D eigenvalue weighted by atomic mass is 9.94. The zero-order valence-electron chi connectivity index (χ0n) is 10.9. The summed E-state index contributed by atoms with van der Waals surface area (Å²) in [6.45, 7) is 5.51. The van der Waals surface area contributed by atoms with Crippen LogP contribution >= 0.6 is 8.25 Å². The fourth-order valence-corrected chi connectivity index (χ4v) is 1.60. The lowest BCUT2D eigenvalue weighted by Gasteiger charge is -2.23. The van der Waals surface area contributed by atoms with Gasteiger partial charge in [-0.05, 0) is 33.1 Å². The summed E-state index contributed by atoms with van der Waals surface area (Å²) in [4.78, 5) is 19.9. The van der Waals surface area contributed by atoms with Crippen LogP contribution in [0.1, 0.15) is 40.0 Å². The summed E-state index contributed by atoms with van der Waals surface area (Å²) in [6, 6.07) is 0. The van der Waals surface area contributed by atoms with Gasteiger partial charge in [0.2, 0.25) is 0 Å². The minimum absolute atomic E-state index is 0.141. The molecule has 2 unspecified atom stereocenters. The molecule has 2 atom stereocenters. The number of Topliss-reactive ketones (excluding diaryl/α,β-unsaturated/α-hetero) is 1. The Morgan fingerprint density at radius 2 is 2.06 bits per heavy atom. The average Bonchev–Trinajstić information content (AvgIpc) is 2.25. The van der Waals surface area contributed by atoms with Gasteiger partial charge in [0, 0.05) is 17.6 Å². The van der Waals surface area contributed by atoms with Crippen LogP contribution in [0, 0.1) is 5.92 Å². The van der Waals surface area contributed by atoms with Gasteiger partial charge in [0.25, 0.3) is 0 Å². The molecular formula is C11H22O5P+. The maximum Gasteiger partial charge on any atom is 0.695 e. The number of methoxy groups -OCH3 is 1. The molecule has 1 N–H and O–H groups in total. The average molecular weight is 265 g/mol. The lowest BCUT2D eigenvalue weighted by Crippen LogP contribution is -2.23. The van der Waals surface area contributed by atoms with Crippen molar-refractivity contribution in [2.45, 2.75) is 45.6 Å². The van der Waals surface area contributed by atoms with E-state index in [1.54, 1.807) is 14.0 Å². The Kier molecular flexibility index (Phi) is 7.71.